The van der Waals surface area contributed by atoms with Crippen LogP contribution in [0.15, 0.2) is 48.5 Å². The Morgan fingerprint density at radius 3 is 2.61 bits per heavy atom. The zero-order valence-corrected chi connectivity index (χ0v) is 19.5. The lowest BCUT2D eigenvalue weighted by Gasteiger charge is -2.39. The van der Waals surface area contributed by atoms with Crippen LogP contribution in [0.1, 0.15) is 49.3 Å². The standard InChI is InChI=1S/C26H28ClN3O3/c1-17(19-6-4-7-19)29(15-18-9-11-21(27)12-10-18)23(31)16-30-24(32)26(28-25(30)33)14-13-20-5-2-3-8-22(20)26/h2-3,5,8-12,17,19H,4,6-7,13-16H2,1H3,(H,28,33)/t17?,26-/m0/s1. The Morgan fingerprint density at radius 2 is 1.91 bits per heavy atom. The quantitative estimate of drug-likeness (QED) is 0.648. The van der Waals surface area contributed by atoms with Crippen molar-refractivity contribution in [3.05, 3.63) is 70.2 Å². The van der Waals surface area contributed by atoms with Gasteiger partial charge in [-0.25, -0.2) is 4.79 Å². The van der Waals surface area contributed by atoms with E-state index in [4.69, 9.17) is 11.6 Å². The second-order valence-electron chi connectivity index (χ2n) is 9.46. The average molecular weight is 466 g/mol. The molecule has 2 fully saturated rings. The third kappa shape index (κ3) is 3.80. The molecule has 2 aliphatic carbocycles. The first kappa shape index (κ1) is 22.0. The van der Waals surface area contributed by atoms with Crippen LogP contribution in [0, 0.1) is 5.92 Å². The van der Waals surface area contributed by atoms with Crippen LogP contribution in [0.3, 0.4) is 0 Å². The molecule has 1 unspecified atom stereocenters. The maximum absolute atomic E-state index is 13.5. The van der Waals surface area contributed by atoms with Crippen LogP contribution in [0.5, 0.6) is 0 Å². The first-order valence-corrected chi connectivity index (χ1v) is 12.0. The van der Waals surface area contributed by atoms with Crippen molar-refractivity contribution in [2.24, 2.45) is 5.92 Å². The number of aryl methyl sites for hydroxylation is 1. The van der Waals surface area contributed by atoms with Crippen LogP contribution in [-0.4, -0.2) is 40.2 Å². The number of urea groups is 1. The molecule has 5 rings (SSSR count). The number of carbonyl (C=O) groups excluding carboxylic acids is 3. The number of hydrogen-bond donors (Lipinski definition) is 1. The molecule has 6 nitrogen and oxygen atoms in total. The molecule has 1 spiro atoms. The van der Waals surface area contributed by atoms with E-state index >= 15 is 0 Å². The van der Waals surface area contributed by atoms with E-state index < -0.39 is 11.6 Å². The monoisotopic (exact) mass is 465 g/mol. The minimum absolute atomic E-state index is 0.0314. The average Bonchev–Trinajstić information content (AvgIpc) is 3.25. The van der Waals surface area contributed by atoms with E-state index in [9.17, 15) is 14.4 Å². The number of hydrogen-bond acceptors (Lipinski definition) is 3. The molecule has 0 radical (unpaired) electrons. The van der Waals surface area contributed by atoms with E-state index in [0.29, 0.717) is 23.9 Å². The molecular formula is C26H28ClN3O3. The van der Waals surface area contributed by atoms with Crippen molar-refractivity contribution in [3.8, 4) is 0 Å². The van der Waals surface area contributed by atoms with E-state index in [2.05, 4.69) is 12.2 Å². The molecule has 3 aliphatic rings. The van der Waals surface area contributed by atoms with Gasteiger partial charge in [0.15, 0.2) is 0 Å². The second-order valence-corrected chi connectivity index (χ2v) is 9.90. The predicted octanol–water partition coefficient (Wildman–Crippen LogP) is 4.25. The Morgan fingerprint density at radius 1 is 1.18 bits per heavy atom. The number of nitrogens with one attached hydrogen (secondary N) is 1. The highest BCUT2D eigenvalue weighted by Crippen LogP contribution is 2.41. The lowest BCUT2D eigenvalue weighted by Crippen LogP contribution is -2.49. The number of imide groups is 1. The van der Waals surface area contributed by atoms with Gasteiger partial charge in [0.25, 0.3) is 5.91 Å². The van der Waals surface area contributed by atoms with Gasteiger partial charge in [-0.05, 0) is 67.3 Å². The Balaban J connectivity index is 1.37. The van der Waals surface area contributed by atoms with Crippen molar-refractivity contribution >= 4 is 29.4 Å². The molecule has 0 bridgehead atoms. The first-order chi connectivity index (χ1) is 15.9. The van der Waals surface area contributed by atoms with Gasteiger partial charge in [-0.15, -0.1) is 0 Å². The summed E-state index contributed by atoms with van der Waals surface area (Å²) in [7, 11) is 0. The van der Waals surface area contributed by atoms with Crippen molar-refractivity contribution in [1.29, 1.82) is 0 Å². The highest BCUT2D eigenvalue weighted by Gasteiger charge is 2.55. The molecule has 1 aliphatic heterocycles. The van der Waals surface area contributed by atoms with Crippen molar-refractivity contribution in [2.45, 2.75) is 57.2 Å². The number of amides is 4. The zero-order valence-electron chi connectivity index (χ0n) is 18.7. The summed E-state index contributed by atoms with van der Waals surface area (Å²) in [5.41, 5.74) is 1.84. The molecule has 1 N–H and O–H groups in total. The van der Waals surface area contributed by atoms with Gasteiger partial charge in [0.1, 0.15) is 12.1 Å². The lowest BCUT2D eigenvalue weighted by molar-refractivity contribution is -0.142. The summed E-state index contributed by atoms with van der Waals surface area (Å²) in [6, 6.07) is 14.7. The van der Waals surface area contributed by atoms with Crippen LogP contribution in [-0.2, 0) is 28.1 Å². The van der Waals surface area contributed by atoms with Crippen molar-refractivity contribution < 1.29 is 14.4 Å². The number of fused-ring (bicyclic) bond motifs is 2. The molecule has 1 saturated heterocycles. The van der Waals surface area contributed by atoms with Gasteiger partial charge in [0.2, 0.25) is 5.91 Å². The molecule has 2 aromatic carbocycles. The van der Waals surface area contributed by atoms with Gasteiger partial charge in [0.05, 0.1) is 0 Å². The molecule has 2 aromatic rings. The van der Waals surface area contributed by atoms with Crippen LogP contribution < -0.4 is 5.32 Å². The Hall–Kier alpha value is -2.86. The molecule has 1 heterocycles. The first-order valence-electron chi connectivity index (χ1n) is 11.7. The van der Waals surface area contributed by atoms with Crippen molar-refractivity contribution in [2.75, 3.05) is 6.54 Å². The molecule has 4 amide bonds. The highest BCUT2D eigenvalue weighted by atomic mass is 35.5. The number of nitrogens with zero attached hydrogens (tertiary/aromatic N) is 2. The minimum atomic E-state index is -1.05. The normalized spacial score (nSPS) is 22.8. The molecule has 7 heteroatoms. The third-order valence-corrected chi connectivity index (χ3v) is 7.88. The topological polar surface area (TPSA) is 69.7 Å². The van der Waals surface area contributed by atoms with Crippen molar-refractivity contribution in [1.82, 2.24) is 15.1 Å². The fraction of sp³-hybridized carbons (Fsp3) is 0.423. The third-order valence-electron chi connectivity index (χ3n) is 7.63. The van der Waals surface area contributed by atoms with Gasteiger partial charge in [-0.1, -0.05) is 54.4 Å². The van der Waals surface area contributed by atoms with Gasteiger partial charge < -0.3 is 10.2 Å². The lowest BCUT2D eigenvalue weighted by atomic mass is 9.79. The van der Waals surface area contributed by atoms with Crippen LogP contribution in [0.25, 0.3) is 0 Å². The van der Waals surface area contributed by atoms with E-state index in [1.165, 1.54) is 6.42 Å². The van der Waals surface area contributed by atoms with Gasteiger partial charge in [0, 0.05) is 17.6 Å². The van der Waals surface area contributed by atoms with Gasteiger partial charge in [-0.3, -0.25) is 14.5 Å². The zero-order chi connectivity index (χ0) is 23.2. The highest BCUT2D eigenvalue weighted by molar-refractivity contribution is 6.30. The SMILES string of the molecule is CC(C1CCC1)N(Cc1ccc(Cl)cc1)C(=O)CN1C(=O)N[C@]2(CCc3ccccc32)C1=O. The summed E-state index contributed by atoms with van der Waals surface area (Å²) in [6.07, 6.45) is 4.61. The number of rotatable bonds is 6. The van der Waals surface area contributed by atoms with Crippen LogP contribution >= 0.6 is 11.6 Å². The van der Waals surface area contributed by atoms with Crippen LogP contribution in [0.4, 0.5) is 4.79 Å². The summed E-state index contributed by atoms with van der Waals surface area (Å²) in [5.74, 6) is -0.0953. The fourth-order valence-electron chi connectivity index (χ4n) is 5.38. The number of halogens is 1. The molecule has 0 aromatic heterocycles. The summed E-state index contributed by atoms with van der Waals surface area (Å²) < 4.78 is 0. The smallest absolute Gasteiger partial charge is 0.325 e. The predicted molar refractivity (Wildman–Crippen MR) is 125 cm³/mol. The molecular weight excluding hydrogens is 438 g/mol. The molecule has 33 heavy (non-hydrogen) atoms. The largest absolute Gasteiger partial charge is 0.334 e. The fourth-order valence-corrected chi connectivity index (χ4v) is 5.51. The second kappa shape index (κ2) is 8.49. The summed E-state index contributed by atoms with van der Waals surface area (Å²) in [5, 5.41) is 3.56. The van der Waals surface area contributed by atoms with Gasteiger partial charge in [-0.2, -0.15) is 0 Å². The number of benzene rings is 2. The Labute approximate surface area is 198 Å². The van der Waals surface area contributed by atoms with E-state index in [0.717, 1.165) is 40.9 Å². The molecule has 172 valence electrons. The van der Waals surface area contributed by atoms with E-state index in [-0.39, 0.29) is 24.4 Å². The molecule has 2 atom stereocenters. The maximum atomic E-state index is 13.5. The van der Waals surface area contributed by atoms with Crippen LogP contribution in [0.2, 0.25) is 5.02 Å². The summed E-state index contributed by atoms with van der Waals surface area (Å²) in [6.45, 7) is 2.24. The summed E-state index contributed by atoms with van der Waals surface area (Å²) >= 11 is 6.03. The Kier molecular flexibility index (Phi) is 5.65. The van der Waals surface area contributed by atoms with E-state index in [1.54, 1.807) is 0 Å². The van der Waals surface area contributed by atoms with Crippen molar-refractivity contribution in [3.63, 3.8) is 0 Å². The number of carbonyl (C=O) groups is 3. The minimum Gasteiger partial charge on any atom is -0.334 e. The molecule has 1 saturated carbocycles. The summed E-state index contributed by atoms with van der Waals surface area (Å²) in [4.78, 5) is 42.8. The van der Waals surface area contributed by atoms with E-state index in [1.807, 2.05) is 53.4 Å². The van der Waals surface area contributed by atoms with Gasteiger partial charge >= 0.3 is 6.03 Å². The maximum Gasteiger partial charge on any atom is 0.325 e. The Bertz CT molecular complexity index is 1100.